The molecule has 1 aromatic heterocycles. The number of esters is 1. The number of aromatic nitrogens is 2. The summed E-state index contributed by atoms with van der Waals surface area (Å²) in [5.41, 5.74) is 0. The van der Waals surface area contributed by atoms with Crippen LogP contribution < -0.4 is 0 Å². The van der Waals surface area contributed by atoms with Crippen LogP contribution in [0.3, 0.4) is 0 Å². The number of carbonyl (C=O) groups is 1. The van der Waals surface area contributed by atoms with Crippen molar-refractivity contribution in [2.75, 3.05) is 6.61 Å². The molecule has 4 nitrogen and oxygen atoms in total. The maximum absolute atomic E-state index is 11.1. The maximum atomic E-state index is 11.1. The summed E-state index contributed by atoms with van der Waals surface area (Å²) in [5.74, 6) is -0.0961. The molecule has 1 aliphatic heterocycles. The minimum atomic E-state index is -0.0921. The van der Waals surface area contributed by atoms with Crippen molar-refractivity contribution < 1.29 is 9.53 Å². The van der Waals surface area contributed by atoms with E-state index in [-0.39, 0.29) is 11.9 Å². The molecule has 0 aromatic carbocycles. The third kappa shape index (κ3) is 2.01. The molecule has 5 heteroatoms. The monoisotopic (exact) mass is 292 g/mol. The van der Waals surface area contributed by atoms with Crippen LogP contribution in [-0.2, 0) is 16.1 Å². The summed E-state index contributed by atoms with van der Waals surface area (Å²) in [6, 6.07) is 0. The van der Waals surface area contributed by atoms with E-state index in [4.69, 9.17) is 4.74 Å². The van der Waals surface area contributed by atoms with Gasteiger partial charge in [-0.1, -0.05) is 0 Å². The highest BCUT2D eigenvalue weighted by Crippen LogP contribution is 2.16. The molecule has 0 saturated carbocycles. The molecule has 2 rings (SSSR count). The second-order valence-corrected chi connectivity index (χ2v) is 4.28. The Bertz CT molecular complexity index is 324. The van der Waals surface area contributed by atoms with Gasteiger partial charge in [0.15, 0.2) is 0 Å². The lowest BCUT2D eigenvalue weighted by Crippen LogP contribution is -2.15. The van der Waals surface area contributed by atoms with Crippen molar-refractivity contribution in [3.8, 4) is 0 Å². The summed E-state index contributed by atoms with van der Waals surface area (Å²) in [7, 11) is 0. The van der Waals surface area contributed by atoms with Crippen molar-refractivity contribution in [2.45, 2.75) is 13.0 Å². The Hall–Kier alpha value is -0.590. The molecule has 0 N–H and O–H groups in total. The molecule has 1 atom stereocenters. The Balaban J connectivity index is 2.01. The Labute approximate surface area is 89.4 Å². The first-order chi connectivity index (χ1) is 6.25. The third-order valence-corrected chi connectivity index (χ3v) is 2.61. The van der Waals surface area contributed by atoms with E-state index in [0.29, 0.717) is 13.2 Å². The molecule has 0 bridgehead atoms. The van der Waals surface area contributed by atoms with E-state index in [9.17, 15) is 4.79 Å². The van der Waals surface area contributed by atoms with Gasteiger partial charge in [-0.05, 0) is 29.0 Å². The highest BCUT2D eigenvalue weighted by atomic mass is 127. The molecule has 70 valence electrons. The number of nitrogens with zero attached hydrogens (tertiary/aromatic N) is 2. The standard InChI is InChI=1S/C8H9IN2O2/c9-7-3-10-11(5-7)4-6-1-2-13-8(6)12/h3,5-6H,1-2,4H2/t6-/m1/s1. The molecule has 1 aliphatic rings. The number of halogens is 1. The van der Waals surface area contributed by atoms with Crippen LogP contribution in [0.4, 0.5) is 0 Å². The van der Waals surface area contributed by atoms with Gasteiger partial charge in [-0.15, -0.1) is 0 Å². The van der Waals surface area contributed by atoms with Crippen molar-refractivity contribution >= 4 is 28.6 Å². The van der Waals surface area contributed by atoms with Gasteiger partial charge in [0, 0.05) is 6.20 Å². The summed E-state index contributed by atoms with van der Waals surface area (Å²) < 4.78 is 7.74. The van der Waals surface area contributed by atoms with Crippen LogP contribution in [0.25, 0.3) is 0 Å². The summed E-state index contributed by atoms with van der Waals surface area (Å²) in [4.78, 5) is 11.1. The van der Waals surface area contributed by atoms with Gasteiger partial charge in [0.25, 0.3) is 0 Å². The van der Waals surface area contributed by atoms with Crippen LogP contribution in [0.5, 0.6) is 0 Å². The Morgan fingerprint density at radius 2 is 2.62 bits per heavy atom. The van der Waals surface area contributed by atoms with E-state index in [1.807, 2.05) is 6.20 Å². The number of hydrogen-bond donors (Lipinski definition) is 0. The summed E-state index contributed by atoms with van der Waals surface area (Å²) in [6.45, 7) is 1.20. The van der Waals surface area contributed by atoms with Crippen LogP contribution >= 0.6 is 22.6 Å². The first kappa shape index (κ1) is 8.98. The predicted octanol–water partition coefficient (Wildman–Crippen LogP) is 1.05. The van der Waals surface area contributed by atoms with Crippen LogP contribution in [0.2, 0.25) is 0 Å². The molecule has 0 aliphatic carbocycles. The normalized spacial score (nSPS) is 21.9. The van der Waals surface area contributed by atoms with Crippen molar-refractivity contribution in [3.05, 3.63) is 16.0 Å². The predicted molar refractivity (Wildman–Crippen MR) is 54.0 cm³/mol. The molecular weight excluding hydrogens is 283 g/mol. The highest BCUT2D eigenvalue weighted by molar-refractivity contribution is 14.1. The van der Waals surface area contributed by atoms with Gasteiger partial charge in [0.05, 0.1) is 28.8 Å². The lowest BCUT2D eigenvalue weighted by atomic mass is 10.1. The second kappa shape index (κ2) is 3.65. The van der Waals surface area contributed by atoms with Crippen LogP contribution in [0.1, 0.15) is 6.42 Å². The van der Waals surface area contributed by atoms with E-state index in [1.54, 1.807) is 10.9 Å². The molecule has 0 amide bonds. The van der Waals surface area contributed by atoms with E-state index in [1.165, 1.54) is 0 Å². The number of cyclic esters (lactones) is 1. The van der Waals surface area contributed by atoms with Gasteiger partial charge in [0.2, 0.25) is 0 Å². The van der Waals surface area contributed by atoms with Crippen molar-refractivity contribution in [2.24, 2.45) is 5.92 Å². The van der Waals surface area contributed by atoms with Gasteiger partial charge < -0.3 is 4.74 Å². The molecular formula is C8H9IN2O2. The largest absolute Gasteiger partial charge is 0.465 e. The van der Waals surface area contributed by atoms with Crippen molar-refractivity contribution in [3.63, 3.8) is 0 Å². The third-order valence-electron chi connectivity index (χ3n) is 2.05. The van der Waals surface area contributed by atoms with Crippen LogP contribution in [-0.4, -0.2) is 22.4 Å². The number of ether oxygens (including phenoxy) is 1. The Kier molecular flexibility index (Phi) is 2.52. The summed E-state index contributed by atoms with van der Waals surface area (Å²) in [6.07, 6.45) is 4.52. The lowest BCUT2D eigenvalue weighted by Gasteiger charge is -2.04. The zero-order valence-corrected chi connectivity index (χ0v) is 9.10. The molecule has 0 spiro atoms. The van der Waals surface area contributed by atoms with E-state index < -0.39 is 0 Å². The Morgan fingerprint density at radius 3 is 3.15 bits per heavy atom. The minimum absolute atomic E-state index is 0.00398. The second-order valence-electron chi connectivity index (χ2n) is 3.03. The Morgan fingerprint density at radius 1 is 1.77 bits per heavy atom. The van der Waals surface area contributed by atoms with Crippen molar-refractivity contribution in [1.29, 1.82) is 0 Å². The minimum Gasteiger partial charge on any atom is -0.465 e. The summed E-state index contributed by atoms with van der Waals surface area (Å²) >= 11 is 2.19. The fraction of sp³-hybridized carbons (Fsp3) is 0.500. The van der Waals surface area contributed by atoms with Gasteiger partial charge >= 0.3 is 5.97 Å². The molecule has 1 saturated heterocycles. The van der Waals surface area contributed by atoms with Gasteiger partial charge in [-0.3, -0.25) is 9.48 Å². The zero-order chi connectivity index (χ0) is 9.26. The first-order valence-corrected chi connectivity index (χ1v) is 5.18. The molecule has 0 unspecified atom stereocenters. The van der Waals surface area contributed by atoms with Gasteiger partial charge in [-0.2, -0.15) is 5.10 Å². The number of carbonyl (C=O) groups excluding carboxylic acids is 1. The fourth-order valence-electron chi connectivity index (χ4n) is 1.37. The molecule has 1 fully saturated rings. The topological polar surface area (TPSA) is 44.1 Å². The maximum Gasteiger partial charge on any atom is 0.310 e. The number of rotatable bonds is 2. The molecule has 13 heavy (non-hydrogen) atoms. The van der Waals surface area contributed by atoms with E-state index in [0.717, 1.165) is 9.99 Å². The zero-order valence-electron chi connectivity index (χ0n) is 6.94. The van der Waals surface area contributed by atoms with E-state index >= 15 is 0 Å². The average Bonchev–Trinajstić information content (AvgIpc) is 2.64. The fourth-order valence-corrected chi connectivity index (χ4v) is 1.81. The lowest BCUT2D eigenvalue weighted by molar-refractivity contribution is -0.141. The smallest absolute Gasteiger partial charge is 0.310 e. The highest BCUT2D eigenvalue weighted by Gasteiger charge is 2.26. The van der Waals surface area contributed by atoms with Gasteiger partial charge in [-0.25, -0.2) is 0 Å². The van der Waals surface area contributed by atoms with Crippen LogP contribution in [0.15, 0.2) is 12.4 Å². The summed E-state index contributed by atoms with van der Waals surface area (Å²) in [5, 5.41) is 4.12. The van der Waals surface area contributed by atoms with Gasteiger partial charge in [0.1, 0.15) is 0 Å². The van der Waals surface area contributed by atoms with Crippen molar-refractivity contribution in [1.82, 2.24) is 9.78 Å². The average molecular weight is 292 g/mol. The molecule has 0 radical (unpaired) electrons. The number of hydrogen-bond acceptors (Lipinski definition) is 3. The molecule has 1 aromatic rings. The quantitative estimate of drug-likeness (QED) is 0.604. The SMILES string of the molecule is O=C1OCC[C@@H]1Cn1cc(I)cn1. The van der Waals surface area contributed by atoms with Crippen LogP contribution in [0, 0.1) is 9.49 Å². The first-order valence-electron chi connectivity index (χ1n) is 4.10. The molecule has 2 heterocycles. The van der Waals surface area contributed by atoms with E-state index in [2.05, 4.69) is 27.7 Å².